The van der Waals surface area contributed by atoms with Gasteiger partial charge in [-0.05, 0) is 66.5 Å². The zero-order chi connectivity index (χ0) is 36.5. The number of Topliss-reactive ketones (excluding diaryl/α,β-unsaturated/α-hetero) is 1. The molecule has 276 valence electrons. The zero-order valence-corrected chi connectivity index (χ0v) is 30.8. The molecule has 3 unspecified atom stereocenters. The minimum Gasteiger partial charge on any atom is -0.449 e. The van der Waals surface area contributed by atoms with E-state index in [9.17, 15) is 29.1 Å². The number of carbonyl (C=O) groups is 5. The van der Waals surface area contributed by atoms with Gasteiger partial charge in [-0.15, -0.1) is 0 Å². The van der Waals surface area contributed by atoms with Gasteiger partial charge in [0.25, 0.3) is 0 Å². The van der Waals surface area contributed by atoms with Gasteiger partial charge in [-0.1, -0.05) is 72.6 Å². The van der Waals surface area contributed by atoms with Crippen LogP contribution in [0, 0.1) is 23.2 Å². The minimum atomic E-state index is -1.43. The van der Waals surface area contributed by atoms with E-state index in [2.05, 4.69) is 16.7 Å². The number of cyclic esters (lactones) is 1. The fraction of sp³-hybridized carbons (Fsp3) is 0.711. The van der Waals surface area contributed by atoms with Crippen molar-refractivity contribution in [3.05, 3.63) is 34.9 Å². The van der Waals surface area contributed by atoms with Crippen LogP contribution in [0.4, 0.5) is 9.59 Å². The standard InChI is InChI=1S/C38H56N4O8/c1-8-23(3)30(27-17-38(7,48)32(27)43)39-33(44)29-16-26-19-42(29)34(45)31(37(4,5)6)40-35(46)49-21-22(2)12-9-10-13-24-14-11-15-25-18-41(20-28(24)25)36(47)50-26/h11,14-15,22-23,26-27,29-31,48H,8-10,12-13,16-21H2,1-7H3,(H,39,44)(H,40,46)/t22-,23-,26+,27?,29-,30?,31+,38?/m0/s1. The van der Waals surface area contributed by atoms with Gasteiger partial charge in [-0.2, -0.15) is 0 Å². The second-order valence-electron chi connectivity index (χ2n) is 16.4. The number of nitrogens with zero attached hydrogens (tertiary/aromatic N) is 2. The molecule has 1 aliphatic carbocycles. The Morgan fingerprint density at radius 1 is 1.14 bits per heavy atom. The number of alkyl carbamates (subject to hydrolysis) is 1. The number of aliphatic hydroxyl groups is 1. The first kappa shape index (κ1) is 37.6. The Morgan fingerprint density at radius 2 is 1.86 bits per heavy atom. The molecule has 0 spiro atoms. The largest absolute Gasteiger partial charge is 0.449 e. The number of hydrogen-bond donors (Lipinski definition) is 3. The van der Waals surface area contributed by atoms with Crippen molar-refractivity contribution >= 4 is 29.8 Å². The van der Waals surface area contributed by atoms with Crippen LogP contribution in [0.2, 0.25) is 0 Å². The van der Waals surface area contributed by atoms with Crippen molar-refractivity contribution < 1.29 is 38.6 Å². The maximum Gasteiger partial charge on any atom is 0.410 e. The molecule has 4 amide bonds. The Morgan fingerprint density at radius 3 is 2.52 bits per heavy atom. The fourth-order valence-electron chi connectivity index (χ4n) is 7.86. The molecule has 1 saturated heterocycles. The number of rotatable bonds is 5. The van der Waals surface area contributed by atoms with E-state index >= 15 is 0 Å². The lowest BCUT2D eigenvalue weighted by Gasteiger charge is -2.45. The Balaban J connectivity index is 1.43. The molecular formula is C38H56N4O8. The molecule has 12 nitrogen and oxygen atoms in total. The zero-order valence-electron chi connectivity index (χ0n) is 30.8. The molecule has 3 N–H and O–H groups in total. The number of hydrogen-bond acceptors (Lipinski definition) is 8. The van der Waals surface area contributed by atoms with Crippen LogP contribution >= 0.6 is 0 Å². The summed E-state index contributed by atoms with van der Waals surface area (Å²) in [4.78, 5) is 71.2. The van der Waals surface area contributed by atoms with Crippen LogP contribution in [-0.2, 0) is 43.4 Å². The molecule has 4 aliphatic rings. The minimum absolute atomic E-state index is 0.0416. The number of benzene rings is 1. The highest BCUT2D eigenvalue weighted by Crippen LogP contribution is 2.39. The molecule has 1 aromatic carbocycles. The number of ketones is 1. The van der Waals surface area contributed by atoms with Gasteiger partial charge in [-0.3, -0.25) is 19.3 Å². The van der Waals surface area contributed by atoms with Gasteiger partial charge < -0.3 is 30.1 Å². The first-order valence-corrected chi connectivity index (χ1v) is 18.4. The lowest BCUT2D eigenvalue weighted by Crippen LogP contribution is -2.63. The van der Waals surface area contributed by atoms with Gasteiger partial charge in [0.05, 0.1) is 13.2 Å². The molecule has 1 aromatic rings. The van der Waals surface area contributed by atoms with Gasteiger partial charge in [0, 0.05) is 31.5 Å². The second kappa shape index (κ2) is 14.9. The molecule has 3 heterocycles. The first-order chi connectivity index (χ1) is 23.5. The van der Waals surface area contributed by atoms with Crippen LogP contribution in [0.1, 0.15) is 104 Å². The maximum absolute atomic E-state index is 14.4. The highest BCUT2D eigenvalue weighted by Gasteiger charge is 2.54. The van der Waals surface area contributed by atoms with Crippen LogP contribution in [-0.4, -0.2) is 87.7 Å². The van der Waals surface area contributed by atoms with E-state index in [0.29, 0.717) is 19.5 Å². The summed E-state index contributed by atoms with van der Waals surface area (Å²) in [7, 11) is 0. The Bertz CT molecular complexity index is 1470. The molecule has 0 aromatic heterocycles. The number of fused-ring (bicyclic) bond motifs is 3. The fourth-order valence-corrected chi connectivity index (χ4v) is 7.86. The monoisotopic (exact) mass is 696 g/mol. The smallest absolute Gasteiger partial charge is 0.410 e. The lowest BCUT2D eigenvalue weighted by molar-refractivity contribution is -0.161. The Kier molecular flexibility index (Phi) is 11.2. The third-order valence-electron chi connectivity index (χ3n) is 11.2. The third-order valence-corrected chi connectivity index (χ3v) is 11.2. The quantitative estimate of drug-likeness (QED) is 0.407. The summed E-state index contributed by atoms with van der Waals surface area (Å²) in [6.45, 7) is 13.9. The average molecular weight is 697 g/mol. The maximum atomic E-state index is 14.4. The van der Waals surface area contributed by atoms with Gasteiger partial charge in [0.1, 0.15) is 23.8 Å². The van der Waals surface area contributed by atoms with Crippen molar-refractivity contribution in [1.82, 2.24) is 20.4 Å². The Labute approximate surface area is 296 Å². The highest BCUT2D eigenvalue weighted by atomic mass is 16.6. The van der Waals surface area contributed by atoms with Gasteiger partial charge >= 0.3 is 12.2 Å². The molecule has 0 radical (unpaired) electrons. The number of nitrogens with one attached hydrogen (secondary N) is 2. The molecule has 50 heavy (non-hydrogen) atoms. The van der Waals surface area contributed by atoms with Crippen LogP contribution in [0.25, 0.3) is 0 Å². The molecule has 3 aliphatic heterocycles. The molecule has 5 rings (SSSR count). The third kappa shape index (κ3) is 8.11. The van der Waals surface area contributed by atoms with Crippen molar-refractivity contribution in [3.63, 3.8) is 0 Å². The predicted octanol–water partition coefficient (Wildman–Crippen LogP) is 4.48. The van der Waals surface area contributed by atoms with E-state index in [0.717, 1.165) is 36.8 Å². The molecule has 4 bridgehead atoms. The number of amides is 4. The first-order valence-electron chi connectivity index (χ1n) is 18.4. The van der Waals surface area contributed by atoms with Gasteiger partial charge in [0.2, 0.25) is 11.8 Å². The van der Waals surface area contributed by atoms with E-state index in [1.807, 2.05) is 53.7 Å². The summed E-state index contributed by atoms with van der Waals surface area (Å²) in [5.41, 5.74) is 1.25. The topological polar surface area (TPSA) is 155 Å². The Hall–Kier alpha value is -3.67. The number of ether oxygens (including phenoxy) is 2. The molecule has 8 atom stereocenters. The normalized spacial score (nSPS) is 30.8. The van der Waals surface area contributed by atoms with Crippen molar-refractivity contribution in [3.8, 4) is 0 Å². The van der Waals surface area contributed by atoms with E-state index in [1.165, 1.54) is 17.4 Å². The van der Waals surface area contributed by atoms with Crippen molar-refractivity contribution in [1.29, 1.82) is 0 Å². The number of aryl methyl sites for hydroxylation is 1. The van der Waals surface area contributed by atoms with Crippen LogP contribution < -0.4 is 10.6 Å². The van der Waals surface area contributed by atoms with Gasteiger partial charge in [0.15, 0.2) is 5.78 Å². The van der Waals surface area contributed by atoms with Crippen molar-refractivity contribution in [2.24, 2.45) is 23.2 Å². The summed E-state index contributed by atoms with van der Waals surface area (Å²) < 4.78 is 11.6. The van der Waals surface area contributed by atoms with Crippen LogP contribution in [0.5, 0.6) is 0 Å². The summed E-state index contributed by atoms with van der Waals surface area (Å²) in [5, 5.41) is 16.2. The molecule has 12 heteroatoms. The lowest BCUT2D eigenvalue weighted by atomic mass is 9.65. The van der Waals surface area contributed by atoms with Crippen LogP contribution in [0.3, 0.4) is 0 Å². The molecule has 2 fully saturated rings. The molecule has 1 saturated carbocycles. The average Bonchev–Trinajstić information content (AvgIpc) is 3.70. The van der Waals surface area contributed by atoms with Crippen LogP contribution in [0.15, 0.2) is 18.2 Å². The SMILES string of the molecule is CC[C@H](C)C(NC(=O)[C@@H]1C[C@@H]2CN1C(=O)[C@H](C(C)(C)C)NC(=O)OC[C@@H](C)CCCCc1cccc3c1CN(C3)C(=O)O2)C1CC(C)(O)C1=O. The molecular weight excluding hydrogens is 640 g/mol. The number of carbonyl (C=O) groups excluding carboxylic acids is 5. The van der Waals surface area contributed by atoms with E-state index in [-0.39, 0.29) is 43.6 Å². The van der Waals surface area contributed by atoms with Crippen molar-refractivity contribution in [2.45, 2.75) is 136 Å². The van der Waals surface area contributed by atoms with E-state index in [1.54, 1.807) is 4.90 Å². The highest BCUT2D eigenvalue weighted by molar-refractivity contribution is 5.97. The summed E-state index contributed by atoms with van der Waals surface area (Å²) >= 11 is 0. The second-order valence-corrected chi connectivity index (χ2v) is 16.4. The summed E-state index contributed by atoms with van der Waals surface area (Å²) in [6.07, 6.45) is 2.63. The van der Waals surface area contributed by atoms with E-state index in [4.69, 9.17) is 9.47 Å². The van der Waals surface area contributed by atoms with E-state index < -0.39 is 65.2 Å². The summed E-state index contributed by atoms with van der Waals surface area (Å²) in [5.74, 6) is -1.79. The predicted molar refractivity (Wildman–Crippen MR) is 186 cm³/mol. The van der Waals surface area contributed by atoms with Crippen molar-refractivity contribution in [2.75, 3.05) is 13.2 Å². The van der Waals surface area contributed by atoms with Gasteiger partial charge in [-0.25, -0.2) is 9.59 Å². The summed E-state index contributed by atoms with van der Waals surface area (Å²) in [6, 6.07) is 3.55.